The molecule has 0 saturated carbocycles. The third-order valence-corrected chi connectivity index (χ3v) is 2.61. The molecule has 0 spiro atoms. The van der Waals surface area contributed by atoms with Crippen LogP contribution >= 0.6 is 24.0 Å². The van der Waals surface area contributed by atoms with Crippen molar-refractivity contribution in [2.45, 2.75) is 6.92 Å². The van der Waals surface area contributed by atoms with E-state index in [2.05, 4.69) is 0 Å². The number of nitrogens with two attached hydrogens (primary N) is 1. The second kappa shape index (κ2) is 6.02. The first kappa shape index (κ1) is 14.7. The molecule has 1 heterocycles. The van der Waals surface area contributed by atoms with Crippen LogP contribution < -0.4 is 15.2 Å². The highest BCUT2D eigenvalue weighted by molar-refractivity contribution is 6.34. The minimum Gasteiger partial charge on any atom is -0.485 e. The van der Waals surface area contributed by atoms with Crippen LogP contribution in [0.3, 0.4) is 0 Å². The smallest absolute Gasteiger partial charge is 0.342 e. The van der Waals surface area contributed by atoms with Crippen molar-refractivity contribution in [1.82, 2.24) is 0 Å². The van der Waals surface area contributed by atoms with Crippen LogP contribution in [-0.2, 0) is 4.74 Å². The van der Waals surface area contributed by atoms with E-state index >= 15 is 0 Å². The quantitative estimate of drug-likeness (QED) is 0.669. The van der Waals surface area contributed by atoms with Crippen molar-refractivity contribution in [3.63, 3.8) is 0 Å². The Hall–Kier alpha value is -1.33. The zero-order valence-corrected chi connectivity index (χ0v) is 11.3. The second-order valence-electron chi connectivity index (χ2n) is 3.40. The largest absolute Gasteiger partial charge is 0.485 e. The SMILES string of the molecule is CCOC(=O)c1cc(Cl)c(N)c2c1OCCO2.Cl. The normalized spacial score (nSPS) is 12.6. The standard InChI is InChI=1S/C11H12ClNO4.ClH/c1-2-15-11(14)6-5-7(12)8(13)10-9(6)16-3-4-17-10;/h5H,2-4,13H2,1H3;1H. The van der Waals surface area contributed by atoms with Gasteiger partial charge < -0.3 is 19.9 Å². The Morgan fingerprint density at radius 3 is 2.67 bits per heavy atom. The van der Waals surface area contributed by atoms with Crippen LogP contribution in [0.25, 0.3) is 0 Å². The minimum absolute atomic E-state index is 0. The van der Waals surface area contributed by atoms with Gasteiger partial charge in [-0.25, -0.2) is 4.79 Å². The second-order valence-corrected chi connectivity index (χ2v) is 3.80. The summed E-state index contributed by atoms with van der Waals surface area (Å²) in [6.45, 7) is 2.73. The molecule has 1 aromatic rings. The summed E-state index contributed by atoms with van der Waals surface area (Å²) in [5.74, 6) is 0.111. The number of nitrogen functional groups attached to an aromatic ring is 1. The third kappa shape index (κ3) is 2.57. The van der Waals surface area contributed by atoms with Crippen molar-refractivity contribution >= 4 is 35.7 Å². The van der Waals surface area contributed by atoms with Gasteiger partial charge in [0, 0.05) is 0 Å². The van der Waals surface area contributed by atoms with Crippen LogP contribution in [0.5, 0.6) is 11.5 Å². The predicted octanol–water partition coefficient (Wildman–Crippen LogP) is 2.29. The number of anilines is 1. The zero-order valence-electron chi connectivity index (χ0n) is 9.70. The fourth-order valence-electron chi connectivity index (χ4n) is 1.56. The van der Waals surface area contributed by atoms with Crippen molar-refractivity contribution in [1.29, 1.82) is 0 Å². The molecule has 0 saturated heterocycles. The molecule has 7 heteroatoms. The van der Waals surface area contributed by atoms with Crippen molar-refractivity contribution < 1.29 is 19.0 Å². The summed E-state index contributed by atoms with van der Waals surface area (Å²) in [5, 5.41) is 0.248. The number of benzene rings is 1. The molecule has 5 nitrogen and oxygen atoms in total. The highest BCUT2D eigenvalue weighted by Crippen LogP contribution is 2.43. The van der Waals surface area contributed by atoms with Crippen molar-refractivity contribution in [3.05, 3.63) is 16.7 Å². The number of hydrogen-bond acceptors (Lipinski definition) is 5. The molecule has 0 unspecified atom stereocenters. The maximum Gasteiger partial charge on any atom is 0.342 e. The molecule has 1 aliphatic heterocycles. The Morgan fingerprint density at radius 2 is 2.06 bits per heavy atom. The fourth-order valence-corrected chi connectivity index (χ4v) is 1.75. The monoisotopic (exact) mass is 293 g/mol. The molecular weight excluding hydrogens is 281 g/mol. The van der Waals surface area contributed by atoms with E-state index in [1.807, 2.05) is 0 Å². The van der Waals surface area contributed by atoms with Crippen molar-refractivity contribution in [2.24, 2.45) is 0 Å². The maximum atomic E-state index is 11.7. The van der Waals surface area contributed by atoms with Gasteiger partial charge in [0.15, 0.2) is 11.5 Å². The van der Waals surface area contributed by atoms with E-state index in [0.29, 0.717) is 24.7 Å². The lowest BCUT2D eigenvalue weighted by atomic mass is 10.1. The van der Waals surface area contributed by atoms with Gasteiger partial charge in [-0.2, -0.15) is 0 Å². The Morgan fingerprint density at radius 1 is 1.44 bits per heavy atom. The summed E-state index contributed by atoms with van der Waals surface area (Å²) < 4.78 is 15.7. The molecule has 1 aromatic carbocycles. The lowest BCUT2D eigenvalue weighted by Crippen LogP contribution is -2.19. The predicted molar refractivity (Wildman–Crippen MR) is 70.1 cm³/mol. The molecule has 0 atom stereocenters. The summed E-state index contributed by atoms with van der Waals surface area (Å²) in [6.07, 6.45) is 0. The minimum atomic E-state index is -0.504. The average molecular weight is 294 g/mol. The van der Waals surface area contributed by atoms with E-state index in [-0.39, 0.29) is 35.3 Å². The molecule has 0 amide bonds. The van der Waals surface area contributed by atoms with E-state index in [1.54, 1.807) is 6.92 Å². The Labute approximate surface area is 116 Å². The van der Waals surface area contributed by atoms with Gasteiger partial charge in [0.25, 0.3) is 0 Å². The van der Waals surface area contributed by atoms with E-state index in [4.69, 9.17) is 31.5 Å². The van der Waals surface area contributed by atoms with Crippen LogP contribution in [0.2, 0.25) is 5.02 Å². The van der Waals surface area contributed by atoms with Gasteiger partial charge in [0.1, 0.15) is 18.8 Å². The first-order chi connectivity index (χ1) is 8.15. The molecule has 0 radical (unpaired) electrons. The highest BCUT2D eigenvalue weighted by atomic mass is 35.5. The van der Waals surface area contributed by atoms with Crippen LogP contribution in [0, 0.1) is 0 Å². The van der Waals surface area contributed by atoms with Gasteiger partial charge in [0.05, 0.1) is 17.3 Å². The van der Waals surface area contributed by atoms with Crippen molar-refractivity contribution in [2.75, 3.05) is 25.6 Å². The van der Waals surface area contributed by atoms with E-state index in [0.717, 1.165) is 0 Å². The number of esters is 1. The van der Waals surface area contributed by atoms with Crippen LogP contribution in [-0.4, -0.2) is 25.8 Å². The summed E-state index contributed by atoms with van der Waals surface area (Å²) in [4.78, 5) is 11.7. The summed E-state index contributed by atoms with van der Waals surface area (Å²) in [7, 11) is 0. The molecule has 0 bridgehead atoms. The Bertz CT molecular complexity index is 465. The number of ether oxygens (including phenoxy) is 3. The van der Waals surface area contributed by atoms with Gasteiger partial charge in [-0.3, -0.25) is 0 Å². The van der Waals surface area contributed by atoms with Crippen LogP contribution in [0.1, 0.15) is 17.3 Å². The molecule has 0 aliphatic carbocycles. The molecule has 2 N–H and O–H groups in total. The lowest BCUT2D eigenvalue weighted by molar-refractivity contribution is 0.0516. The number of rotatable bonds is 2. The molecule has 18 heavy (non-hydrogen) atoms. The lowest BCUT2D eigenvalue weighted by Gasteiger charge is -2.22. The number of halogens is 2. The summed E-state index contributed by atoms with van der Waals surface area (Å²) in [5.41, 5.74) is 6.27. The van der Waals surface area contributed by atoms with E-state index < -0.39 is 5.97 Å². The van der Waals surface area contributed by atoms with Gasteiger partial charge in [-0.05, 0) is 13.0 Å². The molecule has 100 valence electrons. The summed E-state index contributed by atoms with van der Waals surface area (Å²) in [6, 6.07) is 1.43. The van der Waals surface area contributed by atoms with Crippen molar-refractivity contribution in [3.8, 4) is 11.5 Å². The highest BCUT2D eigenvalue weighted by Gasteiger charge is 2.25. The van der Waals surface area contributed by atoms with Gasteiger partial charge in [-0.15, -0.1) is 12.4 Å². The molecule has 0 fully saturated rings. The Balaban J connectivity index is 0.00000162. The molecular formula is C11H13Cl2NO4. The summed E-state index contributed by atoms with van der Waals surface area (Å²) >= 11 is 5.93. The van der Waals surface area contributed by atoms with E-state index in [9.17, 15) is 4.79 Å². The Kier molecular flexibility index (Phi) is 4.93. The average Bonchev–Trinajstić information content (AvgIpc) is 2.34. The molecule has 0 aromatic heterocycles. The molecule has 2 rings (SSSR count). The number of carbonyl (C=O) groups is 1. The first-order valence-corrected chi connectivity index (χ1v) is 5.57. The van der Waals surface area contributed by atoms with Gasteiger partial charge in [0.2, 0.25) is 0 Å². The number of fused-ring (bicyclic) bond motifs is 1. The zero-order chi connectivity index (χ0) is 12.4. The van der Waals surface area contributed by atoms with Gasteiger partial charge >= 0.3 is 5.97 Å². The third-order valence-electron chi connectivity index (χ3n) is 2.30. The number of hydrogen-bond donors (Lipinski definition) is 1. The topological polar surface area (TPSA) is 70.8 Å². The number of carbonyl (C=O) groups excluding carboxylic acids is 1. The van der Waals surface area contributed by atoms with Crippen LogP contribution in [0.4, 0.5) is 5.69 Å². The van der Waals surface area contributed by atoms with Gasteiger partial charge in [-0.1, -0.05) is 11.6 Å². The first-order valence-electron chi connectivity index (χ1n) is 5.19. The fraction of sp³-hybridized carbons (Fsp3) is 0.364. The van der Waals surface area contributed by atoms with E-state index in [1.165, 1.54) is 6.07 Å². The molecule has 1 aliphatic rings. The van der Waals surface area contributed by atoms with Crippen LogP contribution in [0.15, 0.2) is 6.07 Å². The maximum absolute atomic E-state index is 11.7.